The number of benzene rings is 1. The molecule has 0 atom stereocenters. The minimum Gasteiger partial charge on any atom is -0.496 e. The van der Waals surface area contributed by atoms with E-state index in [2.05, 4.69) is 10.1 Å². The average Bonchev–Trinajstić information content (AvgIpc) is 3.37. The van der Waals surface area contributed by atoms with Crippen molar-refractivity contribution < 1.29 is 13.6 Å². The van der Waals surface area contributed by atoms with Gasteiger partial charge >= 0.3 is 5.76 Å². The second-order valence-corrected chi connectivity index (χ2v) is 6.01. The number of nitrogens with zero attached hydrogens (tertiary/aromatic N) is 3. The van der Waals surface area contributed by atoms with Gasteiger partial charge in [0.25, 0.3) is 5.89 Å². The zero-order chi connectivity index (χ0) is 17.2. The highest BCUT2D eigenvalue weighted by atomic mass is 32.1. The standard InChI is InChI=1S/C17H13N3O4S/c1-22-13-6-3-2-5-12(13)16-18-11(10-25-16)9-20-17(21)24-15(19-20)14-7-4-8-23-14/h2-8,10H,9H2,1H3. The number of hydrogen-bond acceptors (Lipinski definition) is 7. The van der Waals surface area contributed by atoms with E-state index in [9.17, 15) is 4.79 Å². The lowest BCUT2D eigenvalue weighted by molar-refractivity contribution is 0.416. The molecule has 0 aliphatic heterocycles. The van der Waals surface area contributed by atoms with Crippen LogP contribution < -0.4 is 10.5 Å². The molecule has 25 heavy (non-hydrogen) atoms. The molecule has 0 spiro atoms. The van der Waals surface area contributed by atoms with Gasteiger partial charge in [0.05, 0.1) is 31.2 Å². The predicted octanol–water partition coefficient (Wildman–Crippen LogP) is 3.28. The molecule has 3 heterocycles. The molecule has 0 unspecified atom stereocenters. The third kappa shape index (κ3) is 2.99. The Kier molecular flexibility index (Phi) is 3.95. The van der Waals surface area contributed by atoms with Crippen molar-refractivity contribution in [3.8, 4) is 28.0 Å². The number of thiazole rings is 1. The lowest BCUT2D eigenvalue weighted by Gasteiger charge is -2.04. The molecule has 8 heteroatoms. The molecule has 4 aromatic rings. The Morgan fingerprint density at radius 3 is 2.92 bits per heavy atom. The Morgan fingerprint density at radius 2 is 2.12 bits per heavy atom. The smallest absolute Gasteiger partial charge is 0.437 e. The van der Waals surface area contributed by atoms with Gasteiger partial charge in [-0.25, -0.2) is 9.78 Å². The summed E-state index contributed by atoms with van der Waals surface area (Å²) in [4.78, 5) is 16.5. The summed E-state index contributed by atoms with van der Waals surface area (Å²) in [6.45, 7) is 0.217. The van der Waals surface area contributed by atoms with Gasteiger partial charge in [-0.3, -0.25) is 0 Å². The lowest BCUT2D eigenvalue weighted by atomic mass is 10.2. The van der Waals surface area contributed by atoms with Gasteiger partial charge in [0.15, 0.2) is 5.76 Å². The molecular formula is C17H13N3O4S. The van der Waals surface area contributed by atoms with E-state index in [1.165, 1.54) is 22.3 Å². The topological polar surface area (TPSA) is 83.3 Å². The fraction of sp³-hybridized carbons (Fsp3) is 0.118. The molecule has 0 fully saturated rings. The maximum atomic E-state index is 12.0. The molecule has 7 nitrogen and oxygen atoms in total. The van der Waals surface area contributed by atoms with Gasteiger partial charge < -0.3 is 13.6 Å². The largest absolute Gasteiger partial charge is 0.496 e. The summed E-state index contributed by atoms with van der Waals surface area (Å²) in [5, 5.41) is 6.85. The van der Waals surface area contributed by atoms with Gasteiger partial charge in [0.1, 0.15) is 10.8 Å². The predicted molar refractivity (Wildman–Crippen MR) is 91.7 cm³/mol. The van der Waals surface area contributed by atoms with Crippen LogP contribution in [0.3, 0.4) is 0 Å². The Hall–Kier alpha value is -3.13. The quantitative estimate of drug-likeness (QED) is 0.546. The summed E-state index contributed by atoms with van der Waals surface area (Å²) >= 11 is 1.48. The molecule has 0 bridgehead atoms. The van der Waals surface area contributed by atoms with Gasteiger partial charge in [-0.05, 0) is 24.3 Å². The Bertz CT molecular complexity index is 1050. The fourth-order valence-corrected chi connectivity index (χ4v) is 3.22. The van der Waals surface area contributed by atoms with Crippen molar-refractivity contribution in [2.75, 3.05) is 7.11 Å². The van der Waals surface area contributed by atoms with Gasteiger partial charge in [-0.1, -0.05) is 12.1 Å². The molecule has 0 amide bonds. The fourth-order valence-electron chi connectivity index (χ4n) is 2.38. The molecule has 0 aliphatic rings. The molecule has 3 aromatic heterocycles. The summed E-state index contributed by atoms with van der Waals surface area (Å²) in [7, 11) is 1.62. The summed E-state index contributed by atoms with van der Waals surface area (Å²) < 4.78 is 16.9. The van der Waals surface area contributed by atoms with Gasteiger partial charge in [0.2, 0.25) is 0 Å². The van der Waals surface area contributed by atoms with Crippen LogP contribution in [0.5, 0.6) is 5.75 Å². The van der Waals surface area contributed by atoms with Crippen molar-refractivity contribution in [2.24, 2.45) is 0 Å². The molecule has 0 N–H and O–H groups in total. The van der Waals surface area contributed by atoms with Crippen molar-refractivity contribution in [1.82, 2.24) is 14.8 Å². The number of para-hydroxylation sites is 1. The summed E-state index contributed by atoms with van der Waals surface area (Å²) in [5.74, 6) is 0.749. The van der Waals surface area contributed by atoms with E-state index in [0.29, 0.717) is 11.5 Å². The van der Waals surface area contributed by atoms with Crippen molar-refractivity contribution in [2.45, 2.75) is 6.54 Å². The monoisotopic (exact) mass is 355 g/mol. The van der Waals surface area contributed by atoms with Crippen LogP contribution >= 0.6 is 11.3 Å². The first-order valence-electron chi connectivity index (χ1n) is 7.44. The number of hydrogen-bond donors (Lipinski definition) is 0. The Balaban J connectivity index is 1.61. The number of aromatic nitrogens is 3. The van der Waals surface area contributed by atoms with E-state index in [0.717, 1.165) is 16.3 Å². The summed E-state index contributed by atoms with van der Waals surface area (Å²) in [5.41, 5.74) is 1.62. The van der Waals surface area contributed by atoms with Crippen molar-refractivity contribution in [3.63, 3.8) is 0 Å². The van der Waals surface area contributed by atoms with Crippen LogP contribution in [0.1, 0.15) is 5.69 Å². The van der Waals surface area contributed by atoms with Crippen LogP contribution in [0.25, 0.3) is 22.2 Å². The number of furan rings is 1. The molecule has 126 valence electrons. The van der Waals surface area contributed by atoms with Crippen LogP contribution in [0.4, 0.5) is 0 Å². The van der Waals surface area contributed by atoms with Crippen LogP contribution in [0.15, 0.2) is 61.7 Å². The van der Waals surface area contributed by atoms with E-state index in [1.54, 1.807) is 19.2 Å². The highest BCUT2D eigenvalue weighted by Crippen LogP contribution is 2.31. The maximum absolute atomic E-state index is 12.0. The van der Waals surface area contributed by atoms with Gasteiger partial charge in [-0.2, -0.15) is 4.68 Å². The Labute approximate surface area is 146 Å². The third-order valence-electron chi connectivity index (χ3n) is 3.54. The summed E-state index contributed by atoms with van der Waals surface area (Å²) in [6.07, 6.45) is 1.49. The zero-order valence-electron chi connectivity index (χ0n) is 13.2. The maximum Gasteiger partial charge on any atom is 0.437 e. The SMILES string of the molecule is COc1ccccc1-c1nc(Cn2nc(-c3ccco3)oc2=O)cs1. The normalized spacial score (nSPS) is 10.9. The Morgan fingerprint density at radius 1 is 1.24 bits per heavy atom. The zero-order valence-corrected chi connectivity index (χ0v) is 14.0. The highest BCUT2D eigenvalue weighted by molar-refractivity contribution is 7.13. The average molecular weight is 355 g/mol. The van der Waals surface area contributed by atoms with Crippen LogP contribution in [-0.2, 0) is 6.54 Å². The van der Waals surface area contributed by atoms with Crippen molar-refractivity contribution in [1.29, 1.82) is 0 Å². The molecular weight excluding hydrogens is 342 g/mol. The van der Waals surface area contributed by atoms with Crippen LogP contribution in [-0.4, -0.2) is 21.9 Å². The third-order valence-corrected chi connectivity index (χ3v) is 4.46. The molecule has 0 aliphatic carbocycles. The minimum atomic E-state index is -0.557. The molecule has 0 saturated carbocycles. The first kappa shape index (κ1) is 15.4. The summed E-state index contributed by atoms with van der Waals surface area (Å²) in [6, 6.07) is 11.0. The highest BCUT2D eigenvalue weighted by Gasteiger charge is 2.15. The van der Waals surface area contributed by atoms with Crippen LogP contribution in [0, 0.1) is 0 Å². The van der Waals surface area contributed by atoms with Crippen molar-refractivity contribution >= 4 is 11.3 Å². The molecule has 4 rings (SSSR count). The van der Waals surface area contributed by atoms with E-state index in [4.69, 9.17) is 13.6 Å². The number of rotatable bonds is 5. The van der Waals surface area contributed by atoms with Crippen molar-refractivity contribution in [3.05, 3.63) is 64.3 Å². The van der Waals surface area contributed by atoms with Gasteiger partial charge in [-0.15, -0.1) is 16.4 Å². The molecule has 0 saturated heterocycles. The molecule has 1 aromatic carbocycles. The van der Waals surface area contributed by atoms with E-state index in [1.807, 2.05) is 29.6 Å². The van der Waals surface area contributed by atoms with E-state index >= 15 is 0 Å². The first-order valence-corrected chi connectivity index (χ1v) is 8.32. The minimum absolute atomic E-state index is 0.148. The molecule has 0 radical (unpaired) electrons. The van der Waals surface area contributed by atoms with E-state index in [-0.39, 0.29) is 12.4 Å². The number of methoxy groups -OCH3 is 1. The van der Waals surface area contributed by atoms with E-state index < -0.39 is 5.76 Å². The number of ether oxygens (including phenoxy) is 1. The van der Waals surface area contributed by atoms with Gasteiger partial charge in [0, 0.05) is 5.38 Å². The van der Waals surface area contributed by atoms with Crippen LogP contribution in [0.2, 0.25) is 0 Å². The second-order valence-electron chi connectivity index (χ2n) is 5.15. The lowest BCUT2D eigenvalue weighted by Crippen LogP contribution is -2.16. The first-order chi connectivity index (χ1) is 12.2. The second kappa shape index (κ2) is 6.40.